The van der Waals surface area contributed by atoms with Crippen LogP contribution >= 0.6 is 0 Å². The molecule has 4 fully saturated rings. The average Bonchev–Trinajstić information content (AvgIpc) is 3.12. The van der Waals surface area contributed by atoms with Crippen molar-refractivity contribution >= 4 is 0 Å². The number of hydrogen-bond donors (Lipinski definition) is 1. The molecule has 3 heteroatoms. The number of fused-ring (bicyclic) bond motifs is 2. The summed E-state index contributed by atoms with van der Waals surface area (Å²) in [5, 5.41) is 10.4. The third-order valence-electron chi connectivity index (χ3n) is 11.8. The maximum Gasteiger partial charge on any atom is 0.130 e. The summed E-state index contributed by atoms with van der Waals surface area (Å²) in [7, 11) is 0. The molecular formula is C29H48O3. The lowest BCUT2D eigenvalue weighted by Gasteiger charge is -2.69. The minimum absolute atomic E-state index is 0.0792. The zero-order chi connectivity index (χ0) is 22.9. The van der Waals surface area contributed by atoms with E-state index in [-0.39, 0.29) is 17.1 Å². The summed E-state index contributed by atoms with van der Waals surface area (Å²) in [5.41, 5.74) is -0.271. The second-order valence-electron chi connectivity index (χ2n) is 13.4. The summed E-state index contributed by atoms with van der Waals surface area (Å²) in [5.74, 6) is 4.29. The van der Waals surface area contributed by atoms with E-state index < -0.39 is 5.60 Å². The van der Waals surface area contributed by atoms with Gasteiger partial charge in [-0.05, 0) is 80.1 Å². The summed E-state index contributed by atoms with van der Waals surface area (Å²) in [6.45, 7) is 14.7. The molecule has 0 radical (unpaired) electrons. The standard InChI is InChI=1S/C29H48O3/c1-7-21(19(2)3)9-8-20(4)23-10-11-24-26(23,5)14-13-25-27(6)15-12-22(30)18-28(27)16-17-29(24,25)32-31-28/h16-17,19-25,30H,7-15,18H2,1-6H3/t20-,21?,22+,23?,24?,25?,26-,27-,28-,29+/m1/s1. The first kappa shape index (κ1) is 23.4. The summed E-state index contributed by atoms with van der Waals surface area (Å²) >= 11 is 0. The molecule has 3 nitrogen and oxygen atoms in total. The van der Waals surface area contributed by atoms with Crippen LogP contribution in [0.15, 0.2) is 12.2 Å². The maximum absolute atomic E-state index is 10.4. The lowest BCUT2D eigenvalue weighted by Crippen LogP contribution is -2.73. The van der Waals surface area contributed by atoms with E-state index in [1.54, 1.807) is 0 Å². The highest BCUT2D eigenvalue weighted by molar-refractivity contribution is 5.33. The second kappa shape index (κ2) is 7.82. The first-order chi connectivity index (χ1) is 15.1. The molecule has 0 aromatic carbocycles. The Balaban J connectivity index is 1.39. The van der Waals surface area contributed by atoms with Gasteiger partial charge in [0.25, 0.3) is 0 Å². The predicted octanol–water partition coefficient (Wildman–Crippen LogP) is 7.09. The zero-order valence-corrected chi connectivity index (χ0v) is 21.5. The Labute approximate surface area is 196 Å². The van der Waals surface area contributed by atoms with E-state index in [2.05, 4.69) is 53.7 Å². The first-order valence-electron chi connectivity index (χ1n) is 13.9. The third kappa shape index (κ3) is 3.02. The van der Waals surface area contributed by atoms with Crippen LogP contribution in [0.5, 0.6) is 0 Å². The van der Waals surface area contributed by atoms with Crippen LogP contribution in [0, 0.1) is 46.3 Å². The molecule has 32 heavy (non-hydrogen) atoms. The van der Waals surface area contributed by atoms with Crippen molar-refractivity contribution in [3.63, 3.8) is 0 Å². The van der Waals surface area contributed by atoms with Crippen molar-refractivity contribution in [2.75, 3.05) is 0 Å². The molecule has 3 saturated carbocycles. The quantitative estimate of drug-likeness (QED) is 0.351. The molecule has 4 aliphatic carbocycles. The Morgan fingerprint density at radius 1 is 0.938 bits per heavy atom. The van der Waals surface area contributed by atoms with Crippen molar-refractivity contribution in [2.24, 2.45) is 46.3 Å². The van der Waals surface area contributed by atoms with Gasteiger partial charge in [0.1, 0.15) is 11.2 Å². The molecule has 0 aromatic heterocycles. The van der Waals surface area contributed by atoms with Crippen molar-refractivity contribution in [2.45, 2.75) is 123 Å². The van der Waals surface area contributed by atoms with Crippen LogP contribution in [-0.2, 0) is 9.78 Å². The van der Waals surface area contributed by atoms with Crippen LogP contribution in [0.3, 0.4) is 0 Å². The van der Waals surface area contributed by atoms with Crippen molar-refractivity contribution in [3.05, 3.63) is 12.2 Å². The van der Waals surface area contributed by atoms with Gasteiger partial charge < -0.3 is 5.11 Å². The molecular weight excluding hydrogens is 396 g/mol. The fraction of sp³-hybridized carbons (Fsp3) is 0.931. The highest BCUT2D eigenvalue weighted by Crippen LogP contribution is 2.72. The van der Waals surface area contributed by atoms with Crippen LogP contribution in [0.4, 0.5) is 0 Å². The van der Waals surface area contributed by atoms with Gasteiger partial charge in [0.2, 0.25) is 0 Å². The fourth-order valence-electron chi connectivity index (χ4n) is 9.76. The van der Waals surface area contributed by atoms with Crippen LogP contribution in [0.1, 0.15) is 106 Å². The van der Waals surface area contributed by atoms with Crippen LogP contribution in [0.2, 0.25) is 0 Å². The molecule has 2 bridgehead atoms. The monoisotopic (exact) mass is 444 g/mol. The highest BCUT2D eigenvalue weighted by atomic mass is 17.2. The molecule has 2 spiro atoms. The summed E-state index contributed by atoms with van der Waals surface area (Å²) in [6, 6.07) is 0. The van der Waals surface area contributed by atoms with Gasteiger partial charge in [-0.15, -0.1) is 0 Å². The molecule has 0 aromatic rings. The highest BCUT2D eigenvalue weighted by Gasteiger charge is 2.74. The van der Waals surface area contributed by atoms with E-state index in [1.165, 1.54) is 44.9 Å². The van der Waals surface area contributed by atoms with E-state index in [0.717, 1.165) is 36.5 Å². The Morgan fingerprint density at radius 2 is 1.72 bits per heavy atom. The number of aliphatic hydroxyl groups is 1. The molecule has 1 N–H and O–H groups in total. The van der Waals surface area contributed by atoms with Crippen molar-refractivity contribution in [1.29, 1.82) is 0 Å². The fourth-order valence-corrected chi connectivity index (χ4v) is 9.76. The average molecular weight is 445 g/mol. The van der Waals surface area contributed by atoms with E-state index in [9.17, 15) is 5.11 Å². The van der Waals surface area contributed by atoms with Gasteiger partial charge in [0, 0.05) is 23.7 Å². The molecule has 2 heterocycles. The van der Waals surface area contributed by atoms with Gasteiger partial charge in [-0.2, -0.15) is 0 Å². The van der Waals surface area contributed by atoms with Gasteiger partial charge in [-0.1, -0.05) is 60.5 Å². The lowest BCUT2D eigenvalue weighted by molar-refractivity contribution is -0.497. The van der Waals surface area contributed by atoms with Gasteiger partial charge in [0.05, 0.1) is 6.10 Å². The van der Waals surface area contributed by atoms with E-state index in [1.807, 2.05) is 0 Å². The molecule has 1 saturated heterocycles. The molecule has 10 atom stereocenters. The van der Waals surface area contributed by atoms with Crippen LogP contribution < -0.4 is 0 Å². The maximum atomic E-state index is 10.4. The molecule has 4 unspecified atom stereocenters. The van der Waals surface area contributed by atoms with Gasteiger partial charge in [-0.3, -0.25) is 0 Å². The number of hydrogen-bond acceptors (Lipinski definition) is 3. The van der Waals surface area contributed by atoms with E-state index in [4.69, 9.17) is 9.78 Å². The second-order valence-corrected chi connectivity index (χ2v) is 13.4. The molecule has 0 amide bonds. The summed E-state index contributed by atoms with van der Waals surface area (Å²) < 4.78 is 0. The van der Waals surface area contributed by atoms with Crippen molar-refractivity contribution < 1.29 is 14.9 Å². The minimum Gasteiger partial charge on any atom is -0.393 e. The van der Waals surface area contributed by atoms with E-state index >= 15 is 0 Å². The predicted molar refractivity (Wildman–Crippen MR) is 129 cm³/mol. The first-order valence-corrected chi connectivity index (χ1v) is 13.9. The largest absolute Gasteiger partial charge is 0.393 e. The Bertz CT molecular complexity index is 747. The van der Waals surface area contributed by atoms with Gasteiger partial charge in [-0.25, -0.2) is 9.78 Å². The SMILES string of the molecule is CCC(CC[C@@H](C)C1CCC2[C@]1(C)CCC1[C@]23C=C[C@]2(C[C@@H](O)CC[C@]12C)OO3)C(C)C. The van der Waals surface area contributed by atoms with Crippen molar-refractivity contribution in [1.82, 2.24) is 0 Å². The van der Waals surface area contributed by atoms with Gasteiger partial charge >= 0.3 is 0 Å². The van der Waals surface area contributed by atoms with Crippen molar-refractivity contribution in [3.8, 4) is 0 Å². The smallest absolute Gasteiger partial charge is 0.130 e. The molecule has 6 aliphatic rings. The Morgan fingerprint density at radius 3 is 2.38 bits per heavy atom. The minimum atomic E-state index is -0.428. The summed E-state index contributed by atoms with van der Waals surface area (Å²) in [6.07, 6.45) is 16.3. The normalized spacial score (nSPS) is 51.2. The van der Waals surface area contributed by atoms with Crippen LogP contribution in [0.25, 0.3) is 0 Å². The van der Waals surface area contributed by atoms with Crippen LogP contribution in [-0.4, -0.2) is 22.4 Å². The Kier molecular flexibility index (Phi) is 5.71. The topological polar surface area (TPSA) is 38.7 Å². The number of aliphatic hydroxyl groups excluding tert-OH is 1. The zero-order valence-electron chi connectivity index (χ0n) is 21.5. The molecule has 182 valence electrons. The summed E-state index contributed by atoms with van der Waals surface area (Å²) in [4.78, 5) is 12.8. The molecule has 6 rings (SSSR count). The van der Waals surface area contributed by atoms with Gasteiger partial charge in [0.15, 0.2) is 0 Å². The number of rotatable bonds is 6. The molecule has 2 aliphatic heterocycles. The lowest BCUT2D eigenvalue weighted by atomic mass is 9.42. The Hall–Kier alpha value is -0.380. The third-order valence-corrected chi connectivity index (χ3v) is 11.8. The van der Waals surface area contributed by atoms with E-state index in [0.29, 0.717) is 23.7 Å².